The lowest BCUT2D eigenvalue weighted by Gasteiger charge is -2.56. The Morgan fingerprint density at radius 2 is 1.41 bits per heavy atom. The monoisotopic (exact) mass is 413 g/mol. The second-order valence-corrected chi connectivity index (χ2v) is 10.4. The van der Waals surface area contributed by atoms with Crippen molar-refractivity contribution in [2.24, 2.45) is 23.2 Å². The van der Waals surface area contributed by atoms with Crippen molar-refractivity contribution in [2.75, 3.05) is 26.4 Å². The number of nitrogens with zero attached hydrogens (tertiary/aromatic N) is 1. The van der Waals surface area contributed by atoms with E-state index in [0.717, 1.165) is 50.2 Å². The molecule has 5 fully saturated rings. The third kappa shape index (κ3) is 4.52. The number of rotatable bonds is 9. The summed E-state index contributed by atoms with van der Waals surface area (Å²) in [4.78, 5) is 1.50. The highest BCUT2D eigenvalue weighted by atomic mass is 16.5. The van der Waals surface area contributed by atoms with E-state index in [2.05, 4.69) is 0 Å². The van der Waals surface area contributed by atoms with E-state index in [1.165, 1.54) is 43.4 Å². The summed E-state index contributed by atoms with van der Waals surface area (Å²) in [5.41, 5.74) is 0.453. The normalized spacial score (nSPS) is 47.1. The minimum atomic E-state index is -1.45. The summed E-state index contributed by atoms with van der Waals surface area (Å²) in [6.45, 7) is 1.72. The van der Waals surface area contributed by atoms with Crippen molar-refractivity contribution < 1.29 is 30.3 Å². The Hall–Kier alpha value is -0.280. The molecule has 1 heterocycles. The van der Waals surface area contributed by atoms with E-state index in [-0.39, 0.29) is 6.61 Å². The summed E-state index contributed by atoms with van der Waals surface area (Å²) in [6.07, 6.45) is 5.65. The standard InChI is InChI=1S/C22H39NO6/c24-12-17-18(25)19(26)20(27)21(28)23(17)4-2-1-3-5-29-13-22-9-14-6-15(10-22)8-16(7-14)11-22/h14-21,24-28H,1-13H2/t14?,15?,16?,17-,18-,19-,20-,21+,22?/m1/s1. The molecule has 7 heteroatoms. The molecule has 5 aliphatic rings. The zero-order valence-corrected chi connectivity index (χ0v) is 17.4. The fourth-order valence-corrected chi connectivity index (χ4v) is 7.14. The predicted octanol–water partition coefficient (Wildman–Crippen LogP) is 0.467. The Morgan fingerprint density at radius 1 is 0.793 bits per heavy atom. The Bertz CT molecular complexity index is 510. The van der Waals surface area contributed by atoms with Crippen molar-refractivity contribution in [3.05, 3.63) is 0 Å². The highest BCUT2D eigenvalue weighted by molar-refractivity contribution is 5.01. The van der Waals surface area contributed by atoms with Gasteiger partial charge in [0.25, 0.3) is 0 Å². The largest absolute Gasteiger partial charge is 0.395 e. The lowest BCUT2D eigenvalue weighted by Crippen LogP contribution is -2.67. The van der Waals surface area contributed by atoms with E-state index >= 15 is 0 Å². The first kappa shape index (κ1) is 21.9. The molecule has 4 saturated carbocycles. The van der Waals surface area contributed by atoms with Crippen LogP contribution in [0.25, 0.3) is 0 Å². The quantitative estimate of drug-likeness (QED) is 0.349. The van der Waals surface area contributed by atoms with Gasteiger partial charge in [-0.1, -0.05) is 0 Å². The van der Waals surface area contributed by atoms with Crippen LogP contribution in [0.3, 0.4) is 0 Å². The van der Waals surface area contributed by atoms with Gasteiger partial charge in [-0.3, -0.25) is 4.90 Å². The number of likely N-dealkylation sites (tertiary alicyclic amines) is 1. The average molecular weight is 414 g/mol. The minimum absolute atomic E-state index is 0.379. The van der Waals surface area contributed by atoms with E-state index in [4.69, 9.17) is 4.74 Å². The lowest BCUT2D eigenvalue weighted by molar-refractivity contribution is -0.222. The van der Waals surface area contributed by atoms with Crippen LogP contribution < -0.4 is 0 Å². The summed E-state index contributed by atoms with van der Waals surface area (Å²) in [5.74, 6) is 2.85. The smallest absolute Gasteiger partial charge is 0.136 e. The Kier molecular flexibility index (Phi) is 6.86. The number of ether oxygens (including phenoxy) is 1. The number of piperidine rings is 1. The number of unbranched alkanes of at least 4 members (excludes halogenated alkanes) is 2. The number of hydrogen-bond acceptors (Lipinski definition) is 7. The maximum atomic E-state index is 10.2. The third-order valence-electron chi connectivity index (χ3n) is 8.13. The summed E-state index contributed by atoms with van der Waals surface area (Å²) in [7, 11) is 0. The molecule has 1 saturated heterocycles. The Balaban J connectivity index is 1.14. The molecule has 1 aliphatic heterocycles. The van der Waals surface area contributed by atoms with Crippen LogP contribution in [0, 0.1) is 23.2 Å². The molecule has 0 amide bonds. The SMILES string of the molecule is OC[C@@H]1[C@@H](O)[C@@H](O)[C@@H](O)[C@H](O)N1CCCCCOCC12CC3CC(CC(C3)C1)C2. The van der Waals surface area contributed by atoms with Crippen LogP contribution in [0.4, 0.5) is 0 Å². The summed E-state index contributed by atoms with van der Waals surface area (Å²) in [6, 6.07) is -0.768. The van der Waals surface area contributed by atoms with E-state index in [9.17, 15) is 25.5 Å². The number of aliphatic hydroxyl groups is 5. The van der Waals surface area contributed by atoms with Crippen molar-refractivity contribution in [1.82, 2.24) is 4.90 Å². The molecule has 0 aromatic heterocycles. The fourth-order valence-electron chi connectivity index (χ4n) is 7.14. The molecular formula is C22H39NO6. The molecule has 5 atom stereocenters. The average Bonchev–Trinajstić information content (AvgIpc) is 2.68. The van der Waals surface area contributed by atoms with Gasteiger partial charge in [-0.15, -0.1) is 0 Å². The van der Waals surface area contributed by atoms with Crippen molar-refractivity contribution in [2.45, 2.75) is 88.4 Å². The lowest BCUT2D eigenvalue weighted by atomic mass is 9.50. The maximum absolute atomic E-state index is 10.2. The molecule has 0 aromatic carbocycles. The second-order valence-electron chi connectivity index (χ2n) is 10.4. The van der Waals surface area contributed by atoms with Gasteiger partial charge in [0.15, 0.2) is 0 Å². The fraction of sp³-hybridized carbons (Fsp3) is 1.00. The van der Waals surface area contributed by atoms with Crippen LogP contribution in [-0.2, 0) is 4.74 Å². The first-order valence-corrected chi connectivity index (χ1v) is 11.6. The van der Waals surface area contributed by atoms with Crippen molar-refractivity contribution >= 4 is 0 Å². The van der Waals surface area contributed by atoms with Gasteiger partial charge in [0, 0.05) is 13.2 Å². The highest BCUT2D eigenvalue weighted by Gasteiger charge is 2.51. The van der Waals surface area contributed by atoms with Crippen LogP contribution in [-0.4, -0.2) is 87.4 Å². The molecule has 0 spiro atoms. The van der Waals surface area contributed by atoms with E-state index in [1.54, 1.807) is 0 Å². The van der Waals surface area contributed by atoms with Crippen molar-refractivity contribution in [3.8, 4) is 0 Å². The molecule has 7 nitrogen and oxygen atoms in total. The van der Waals surface area contributed by atoms with Gasteiger partial charge < -0.3 is 30.3 Å². The minimum Gasteiger partial charge on any atom is -0.395 e. The van der Waals surface area contributed by atoms with E-state index in [0.29, 0.717) is 12.0 Å². The second kappa shape index (κ2) is 9.07. The molecule has 0 aromatic rings. The van der Waals surface area contributed by atoms with Gasteiger partial charge in [0.2, 0.25) is 0 Å². The molecule has 0 radical (unpaired) electrons. The van der Waals surface area contributed by atoms with Crippen molar-refractivity contribution in [1.29, 1.82) is 0 Å². The van der Waals surface area contributed by atoms with Gasteiger partial charge in [-0.2, -0.15) is 0 Å². The van der Waals surface area contributed by atoms with Gasteiger partial charge in [0.05, 0.1) is 19.3 Å². The Morgan fingerprint density at radius 3 is 2.00 bits per heavy atom. The Labute approximate surface area is 173 Å². The van der Waals surface area contributed by atoms with Crippen LogP contribution in [0.5, 0.6) is 0 Å². The molecule has 5 rings (SSSR count). The van der Waals surface area contributed by atoms with E-state index < -0.39 is 30.6 Å². The van der Waals surface area contributed by atoms with Crippen LogP contribution in [0.2, 0.25) is 0 Å². The molecule has 4 aliphatic carbocycles. The van der Waals surface area contributed by atoms with Crippen LogP contribution in [0.15, 0.2) is 0 Å². The van der Waals surface area contributed by atoms with E-state index in [1.807, 2.05) is 0 Å². The number of aliphatic hydroxyl groups excluding tert-OH is 5. The van der Waals surface area contributed by atoms with Gasteiger partial charge in [-0.05, 0) is 81.0 Å². The molecule has 168 valence electrons. The zero-order chi connectivity index (χ0) is 20.6. The maximum Gasteiger partial charge on any atom is 0.136 e. The molecular weight excluding hydrogens is 374 g/mol. The topological polar surface area (TPSA) is 114 Å². The molecule has 5 N–H and O–H groups in total. The van der Waals surface area contributed by atoms with Gasteiger partial charge >= 0.3 is 0 Å². The molecule has 0 unspecified atom stereocenters. The van der Waals surface area contributed by atoms with Crippen LogP contribution >= 0.6 is 0 Å². The van der Waals surface area contributed by atoms with Gasteiger partial charge in [-0.25, -0.2) is 0 Å². The first-order chi connectivity index (χ1) is 13.9. The van der Waals surface area contributed by atoms with Crippen LogP contribution in [0.1, 0.15) is 57.8 Å². The van der Waals surface area contributed by atoms with Gasteiger partial charge in [0.1, 0.15) is 24.5 Å². The molecule has 29 heavy (non-hydrogen) atoms. The third-order valence-corrected chi connectivity index (χ3v) is 8.13. The number of hydrogen-bond donors (Lipinski definition) is 5. The highest BCUT2D eigenvalue weighted by Crippen LogP contribution is 2.60. The summed E-state index contributed by atoms with van der Waals surface area (Å²) in [5, 5.41) is 49.4. The summed E-state index contributed by atoms with van der Waals surface area (Å²) >= 11 is 0. The van der Waals surface area contributed by atoms with Crippen molar-refractivity contribution in [3.63, 3.8) is 0 Å². The molecule has 4 bridgehead atoms. The first-order valence-electron chi connectivity index (χ1n) is 11.6. The zero-order valence-electron chi connectivity index (χ0n) is 17.4. The predicted molar refractivity (Wildman–Crippen MR) is 107 cm³/mol. The summed E-state index contributed by atoms with van der Waals surface area (Å²) < 4.78 is 6.11.